The van der Waals surface area contributed by atoms with Gasteiger partial charge in [0.25, 0.3) is 0 Å². The summed E-state index contributed by atoms with van der Waals surface area (Å²) in [6, 6.07) is 6.00. The fraction of sp³-hybridized carbons (Fsp3) is 0.571. The predicted molar refractivity (Wildman–Crippen MR) is 77.5 cm³/mol. The lowest BCUT2D eigenvalue weighted by Gasteiger charge is -2.44. The first-order valence-corrected chi connectivity index (χ1v) is 7.23. The Morgan fingerprint density at radius 3 is 2.78 bits per heavy atom. The molecule has 4 heteroatoms. The Bertz CT molecular complexity index is 424. The van der Waals surface area contributed by atoms with E-state index in [4.69, 9.17) is 0 Å². The van der Waals surface area contributed by atoms with Gasteiger partial charge in [-0.2, -0.15) is 0 Å². The van der Waals surface area contributed by atoms with E-state index in [1.54, 1.807) is 6.07 Å². The van der Waals surface area contributed by atoms with Crippen LogP contribution in [-0.2, 0) is 0 Å². The van der Waals surface area contributed by atoms with E-state index < -0.39 is 0 Å². The fourth-order valence-electron chi connectivity index (χ4n) is 2.82. The summed E-state index contributed by atoms with van der Waals surface area (Å²) in [6.45, 7) is 5.30. The first-order valence-electron chi connectivity index (χ1n) is 6.43. The lowest BCUT2D eigenvalue weighted by atomic mass is 9.86. The summed E-state index contributed by atoms with van der Waals surface area (Å²) >= 11 is 3.42. The highest BCUT2D eigenvalue weighted by Gasteiger charge is 2.32. The summed E-state index contributed by atoms with van der Waals surface area (Å²) in [4.78, 5) is 2.18. The van der Waals surface area contributed by atoms with Crippen molar-refractivity contribution in [2.75, 3.05) is 18.5 Å². The molecule has 1 aromatic carbocycles. The second-order valence-corrected chi connectivity index (χ2v) is 5.99. The topological polar surface area (TPSA) is 15.3 Å². The minimum absolute atomic E-state index is 0.139. The molecular formula is C14H20BrFN2. The summed E-state index contributed by atoms with van der Waals surface area (Å²) in [7, 11) is 2.00. The standard InChI is InChI=1S/C14H20BrFN2/c1-9-10(2)18(7-6-13(9)17-3)14-8-11(15)4-5-12(14)16/h4-5,8-10,13,17H,6-7H2,1-3H3. The number of nitrogens with one attached hydrogen (secondary N) is 1. The first-order chi connectivity index (χ1) is 8.54. The molecule has 3 atom stereocenters. The fourth-order valence-corrected chi connectivity index (χ4v) is 3.17. The first kappa shape index (κ1) is 13.8. The third kappa shape index (κ3) is 2.54. The van der Waals surface area contributed by atoms with Gasteiger partial charge in [0.1, 0.15) is 5.82 Å². The van der Waals surface area contributed by atoms with E-state index in [0.29, 0.717) is 23.7 Å². The number of nitrogens with zero attached hydrogens (tertiary/aromatic N) is 1. The highest BCUT2D eigenvalue weighted by molar-refractivity contribution is 9.10. The van der Waals surface area contributed by atoms with Crippen LogP contribution in [0, 0.1) is 11.7 Å². The van der Waals surface area contributed by atoms with Gasteiger partial charge in [0.2, 0.25) is 0 Å². The molecule has 0 aliphatic carbocycles. The summed E-state index contributed by atoms with van der Waals surface area (Å²) in [5, 5.41) is 3.35. The molecule has 2 nitrogen and oxygen atoms in total. The summed E-state index contributed by atoms with van der Waals surface area (Å²) < 4.78 is 14.9. The zero-order valence-electron chi connectivity index (χ0n) is 11.1. The van der Waals surface area contributed by atoms with Gasteiger partial charge in [-0.1, -0.05) is 22.9 Å². The highest BCUT2D eigenvalue weighted by Crippen LogP contribution is 2.32. The highest BCUT2D eigenvalue weighted by atomic mass is 79.9. The molecule has 3 unspecified atom stereocenters. The smallest absolute Gasteiger partial charge is 0.146 e. The molecule has 0 bridgehead atoms. The van der Waals surface area contributed by atoms with Crippen LogP contribution in [0.25, 0.3) is 0 Å². The number of anilines is 1. The third-order valence-electron chi connectivity index (χ3n) is 4.16. The maximum atomic E-state index is 14.0. The zero-order chi connectivity index (χ0) is 13.3. The Balaban J connectivity index is 2.26. The molecule has 100 valence electrons. The summed E-state index contributed by atoms with van der Waals surface area (Å²) in [5.74, 6) is 0.363. The molecule has 1 heterocycles. The van der Waals surface area contributed by atoms with Crippen molar-refractivity contribution in [3.63, 3.8) is 0 Å². The molecule has 18 heavy (non-hydrogen) atoms. The van der Waals surface area contributed by atoms with Crippen molar-refractivity contribution in [2.24, 2.45) is 5.92 Å². The Labute approximate surface area is 117 Å². The van der Waals surface area contributed by atoms with Crippen LogP contribution < -0.4 is 10.2 Å². The van der Waals surface area contributed by atoms with E-state index in [1.807, 2.05) is 13.1 Å². The number of benzene rings is 1. The minimum atomic E-state index is -0.139. The number of hydrogen-bond donors (Lipinski definition) is 1. The van der Waals surface area contributed by atoms with Crippen LogP contribution >= 0.6 is 15.9 Å². The van der Waals surface area contributed by atoms with Crippen LogP contribution in [0.1, 0.15) is 20.3 Å². The lowest BCUT2D eigenvalue weighted by molar-refractivity contribution is 0.281. The van der Waals surface area contributed by atoms with Crippen molar-refractivity contribution in [3.8, 4) is 0 Å². The van der Waals surface area contributed by atoms with Crippen molar-refractivity contribution in [3.05, 3.63) is 28.5 Å². The van der Waals surface area contributed by atoms with E-state index in [9.17, 15) is 4.39 Å². The third-order valence-corrected chi connectivity index (χ3v) is 4.65. The number of halogens is 2. The quantitative estimate of drug-likeness (QED) is 0.900. The molecular weight excluding hydrogens is 295 g/mol. The van der Waals surface area contributed by atoms with E-state index >= 15 is 0 Å². The average Bonchev–Trinajstić information content (AvgIpc) is 2.36. The molecule has 2 rings (SSSR count). The Morgan fingerprint density at radius 1 is 1.39 bits per heavy atom. The predicted octanol–water partition coefficient (Wildman–Crippen LogP) is 3.41. The number of rotatable bonds is 2. The SMILES string of the molecule is CNC1CCN(c2cc(Br)ccc2F)C(C)C1C. The second kappa shape index (κ2) is 5.57. The molecule has 1 saturated heterocycles. The average molecular weight is 315 g/mol. The van der Waals surface area contributed by atoms with Crippen LogP contribution in [0.4, 0.5) is 10.1 Å². The number of hydrogen-bond acceptors (Lipinski definition) is 2. The Hall–Kier alpha value is -0.610. The van der Waals surface area contributed by atoms with Crippen molar-refractivity contribution in [2.45, 2.75) is 32.4 Å². The van der Waals surface area contributed by atoms with Crippen molar-refractivity contribution < 1.29 is 4.39 Å². The lowest BCUT2D eigenvalue weighted by Crippen LogP contribution is -2.53. The molecule has 1 fully saturated rings. The van der Waals surface area contributed by atoms with E-state index in [-0.39, 0.29) is 5.82 Å². The molecule has 1 aliphatic rings. The van der Waals surface area contributed by atoms with Gasteiger partial charge >= 0.3 is 0 Å². The van der Waals surface area contributed by atoms with Gasteiger partial charge in [0.05, 0.1) is 5.69 Å². The molecule has 0 saturated carbocycles. The molecule has 0 spiro atoms. The van der Waals surface area contributed by atoms with Gasteiger partial charge in [0.15, 0.2) is 0 Å². The van der Waals surface area contributed by atoms with Gasteiger partial charge < -0.3 is 10.2 Å². The summed E-state index contributed by atoms with van der Waals surface area (Å²) in [5.41, 5.74) is 0.707. The maximum Gasteiger partial charge on any atom is 0.146 e. The van der Waals surface area contributed by atoms with Crippen molar-refractivity contribution in [1.82, 2.24) is 5.32 Å². The van der Waals surface area contributed by atoms with Gasteiger partial charge in [-0.3, -0.25) is 0 Å². The molecule has 0 radical (unpaired) electrons. The van der Waals surface area contributed by atoms with Crippen LogP contribution in [0.5, 0.6) is 0 Å². The Kier molecular flexibility index (Phi) is 4.28. The van der Waals surface area contributed by atoms with Gasteiger partial charge in [-0.25, -0.2) is 4.39 Å². The van der Waals surface area contributed by atoms with Gasteiger partial charge in [-0.15, -0.1) is 0 Å². The Morgan fingerprint density at radius 2 is 2.11 bits per heavy atom. The molecule has 0 aromatic heterocycles. The largest absolute Gasteiger partial charge is 0.366 e. The second-order valence-electron chi connectivity index (χ2n) is 5.07. The van der Waals surface area contributed by atoms with Crippen molar-refractivity contribution in [1.29, 1.82) is 0 Å². The molecule has 0 amide bonds. The summed E-state index contributed by atoms with van der Waals surface area (Å²) in [6.07, 6.45) is 1.05. The molecule has 1 aromatic rings. The van der Waals surface area contributed by atoms with Crippen LogP contribution in [0.2, 0.25) is 0 Å². The minimum Gasteiger partial charge on any atom is -0.366 e. The van der Waals surface area contributed by atoms with Gasteiger partial charge in [0, 0.05) is 23.1 Å². The monoisotopic (exact) mass is 314 g/mol. The zero-order valence-corrected chi connectivity index (χ0v) is 12.7. The van der Waals surface area contributed by atoms with Crippen LogP contribution in [0.15, 0.2) is 22.7 Å². The van der Waals surface area contributed by atoms with Gasteiger partial charge in [-0.05, 0) is 44.5 Å². The van der Waals surface area contributed by atoms with Crippen LogP contribution in [-0.4, -0.2) is 25.7 Å². The number of piperidine rings is 1. The van der Waals surface area contributed by atoms with E-state index in [2.05, 4.69) is 40.0 Å². The van der Waals surface area contributed by atoms with Crippen LogP contribution in [0.3, 0.4) is 0 Å². The van der Waals surface area contributed by atoms with E-state index in [0.717, 1.165) is 17.4 Å². The van der Waals surface area contributed by atoms with Crippen molar-refractivity contribution >= 4 is 21.6 Å². The maximum absolute atomic E-state index is 14.0. The van der Waals surface area contributed by atoms with E-state index in [1.165, 1.54) is 6.07 Å². The molecule has 1 N–H and O–H groups in total. The molecule has 1 aliphatic heterocycles. The normalized spacial score (nSPS) is 28.5.